The number of hydrogen-bond donors (Lipinski definition) is 1. The molecule has 0 aliphatic carbocycles. The minimum atomic E-state index is 0.116. The van der Waals surface area contributed by atoms with Crippen LogP contribution in [0.4, 0.5) is 0 Å². The predicted octanol–water partition coefficient (Wildman–Crippen LogP) is 2.96. The number of nitrogens with one attached hydrogen (secondary N) is 1. The smallest absolute Gasteiger partial charge is 0.262 e. The van der Waals surface area contributed by atoms with Gasteiger partial charge in [0.25, 0.3) is 5.91 Å². The lowest BCUT2D eigenvalue weighted by Gasteiger charge is -2.34. The van der Waals surface area contributed by atoms with Gasteiger partial charge < -0.3 is 5.32 Å². The van der Waals surface area contributed by atoms with Crippen molar-refractivity contribution in [1.82, 2.24) is 10.2 Å². The summed E-state index contributed by atoms with van der Waals surface area (Å²) in [5, 5.41) is 4.45. The zero-order valence-corrected chi connectivity index (χ0v) is 11.5. The van der Waals surface area contributed by atoms with E-state index in [2.05, 4.69) is 28.4 Å². The van der Waals surface area contributed by atoms with Crippen molar-refractivity contribution in [3.8, 4) is 0 Å². The van der Waals surface area contributed by atoms with E-state index in [1.54, 1.807) is 11.3 Å². The van der Waals surface area contributed by atoms with Crippen molar-refractivity contribution in [3.63, 3.8) is 0 Å². The van der Waals surface area contributed by atoms with Gasteiger partial charge in [0.05, 0.1) is 11.0 Å². The molecule has 0 bridgehead atoms. The summed E-state index contributed by atoms with van der Waals surface area (Å²) in [6.07, 6.45) is 3.78. The van der Waals surface area contributed by atoms with Gasteiger partial charge in [0.1, 0.15) is 0 Å². The van der Waals surface area contributed by atoms with Gasteiger partial charge in [-0.15, -0.1) is 11.3 Å². The molecule has 3 nitrogen and oxygen atoms in total. The first-order chi connectivity index (χ1) is 9.33. The molecular weight excluding hydrogens is 256 g/mol. The van der Waals surface area contributed by atoms with Crippen LogP contribution in [0.1, 0.15) is 34.5 Å². The number of thiophene rings is 1. The third-order valence-corrected chi connectivity index (χ3v) is 5.39. The standard InChI is InChI=1S/C15H16N2OS/c18-15-14-11(10-5-1-2-6-12(10)19-14)9-17-8-4-3-7-13(17)16-15/h1-2,5-6,13H,3-4,7-9H2,(H,16,18). The molecule has 0 radical (unpaired) electrons. The zero-order valence-electron chi connectivity index (χ0n) is 10.7. The lowest BCUT2D eigenvalue weighted by atomic mass is 10.1. The second-order valence-corrected chi connectivity index (χ2v) is 6.41. The van der Waals surface area contributed by atoms with Crippen LogP contribution < -0.4 is 5.32 Å². The topological polar surface area (TPSA) is 32.3 Å². The molecule has 1 N–H and O–H groups in total. The molecule has 1 unspecified atom stereocenters. The molecule has 19 heavy (non-hydrogen) atoms. The summed E-state index contributed by atoms with van der Waals surface area (Å²) in [6.45, 7) is 2.00. The van der Waals surface area contributed by atoms with Gasteiger partial charge in [-0.2, -0.15) is 0 Å². The predicted molar refractivity (Wildman–Crippen MR) is 77.3 cm³/mol. The van der Waals surface area contributed by atoms with Crippen molar-refractivity contribution >= 4 is 27.3 Å². The molecule has 1 fully saturated rings. The Morgan fingerprint density at radius 3 is 3.11 bits per heavy atom. The molecule has 1 aromatic heterocycles. The fraction of sp³-hybridized carbons (Fsp3) is 0.400. The first kappa shape index (κ1) is 11.4. The number of piperidine rings is 1. The van der Waals surface area contributed by atoms with Gasteiger partial charge in [0, 0.05) is 17.8 Å². The van der Waals surface area contributed by atoms with Crippen LogP contribution in [0.3, 0.4) is 0 Å². The molecule has 1 saturated heterocycles. The number of benzene rings is 1. The highest BCUT2D eigenvalue weighted by Crippen LogP contribution is 2.35. The fourth-order valence-corrected chi connectivity index (χ4v) is 4.32. The fourth-order valence-electron chi connectivity index (χ4n) is 3.20. The second-order valence-electron chi connectivity index (χ2n) is 5.36. The zero-order chi connectivity index (χ0) is 12.8. The van der Waals surface area contributed by atoms with E-state index in [0.717, 1.165) is 24.4 Å². The molecule has 2 aromatic rings. The van der Waals surface area contributed by atoms with E-state index in [1.165, 1.54) is 28.5 Å². The average molecular weight is 272 g/mol. The molecule has 2 aliphatic heterocycles. The van der Waals surface area contributed by atoms with E-state index in [4.69, 9.17) is 0 Å². The Kier molecular flexibility index (Phi) is 2.60. The first-order valence-corrected chi connectivity index (χ1v) is 7.70. The minimum absolute atomic E-state index is 0.116. The maximum absolute atomic E-state index is 12.4. The number of carbonyl (C=O) groups excluding carboxylic acids is 1. The van der Waals surface area contributed by atoms with Gasteiger partial charge in [-0.25, -0.2) is 0 Å². The van der Waals surface area contributed by atoms with Gasteiger partial charge in [-0.1, -0.05) is 18.2 Å². The molecule has 4 heteroatoms. The summed E-state index contributed by atoms with van der Waals surface area (Å²) in [7, 11) is 0. The van der Waals surface area contributed by atoms with Crippen molar-refractivity contribution in [2.75, 3.05) is 6.54 Å². The summed E-state index contributed by atoms with van der Waals surface area (Å²) >= 11 is 1.63. The number of nitrogens with zero attached hydrogens (tertiary/aromatic N) is 1. The SMILES string of the molecule is O=C1NC2CCCCN2Cc2c1sc1ccccc21. The van der Waals surface area contributed by atoms with E-state index in [1.807, 2.05) is 6.07 Å². The second kappa shape index (κ2) is 4.32. The number of hydrogen-bond acceptors (Lipinski definition) is 3. The summed E-state index contributed by atoms with van der Waals surface area (Å²) in [6, 6.07) is 8.35. The maximum Gasteiger partial charge on any atom is 0.262 e. The lowest BCUT2D eigenvalue weighted by Crippen LogP contribution is -2.48. The Hall–Kier alpha value is -1.39. The van der Waals surface area contributed by atoms with Crippen LogP contribution >= 0.6 is 11.3 Å². The van der Waals surface area contributed by atoms with Crippen molar-refractivity contribution < 1.29 is 4.79 Å². The van der Waals surface area contributed by atoms with Crippen LogP contribution in [0.15, 0.2) is 24.3 Å². The molecule has 0 saturated carbocycles. The number of fused-ring (bicyclic) bond motifs is 4. The quantitative estimate of drug-likeness (QED) is 0.799. The molecule has 4 rings (SSSR count). The van der Waals surface area contributed by atoms with Crippen LogP contribution in [0.5, 0.6) is 0 Å². The van der Waals surface area contributed by atoms with Gasteiger partial charge >= 0.3 is 0 Å². The molecular formula is C15H16N2OS. The largest absolute Gasteiger partial charge is 0.336 e. The Labute approximate surface area is 116 Å². The minimum Gasteiger partial charge on any atom is -0.336 e. The average Bonchev–Trinajstić information content (AvgIpc) is 2.73. The molecule has 1 atom stereocenters. The summed E-state index contributed by atoms with van der Waals surface area (Å²) < 4.78 is 1.22. The van der Waals surface area contributed by atoms with E-state index in [9.17, 15) is 4.79 Å². The van der Waals surface area contributed by atoms with Crippen molar-refractivity contribution in [1.29, 1.82) is 0 Å². The highest BCUT2D eigenvalue weighted by atomic mass is 32.1. The molecule has 98 valence electrons. The Morgan fingerprint density at radius 2 is 2.16 bits per heavy atom. The normalized spacial score (nSPS) is 23.6. The third-order valence-electron chi connectivity index (χ3n) is 4.18. The molecule has 1 aromatic carbocycles. The van der Waals surface area contributed by atoms with Crippen LogP contribution in [-0.4, -0.2) is 23.5 Å². The molecule has 3 heterocycles. The van der Waals surface area contributed by atoms with E-state index in [0.29, 0.717) is 0 Å². The van der Waals surface area contributed by atoms with E-state index < -0.39 is 0 Å². The van der Waals surface area contributed by atoms with E-state index in [-0.39, 0.29) is 12.1 Å². The maximum atomic E-state index is 12.4. The molecule has 2 aliphatic rings. The highest BCUT2D eigenvalue weighted by molar-refractivity contribution is 7.21. The molecule has 0 spiro atoms. The van der Waals surface area contributed by atoms with Gasteiger partial charge in [-0.3, -0.25) is 9.69 Å². The lowest BCUT2D eigenvalue weighted by molar-refractivity contribution is 0.0798. The van der Waals surface area contributed by atoms with Crippen molar-refractivity contribution in [2.24, 2.45) is 0 Å². The van der Waals surface area contributed by atoms with Crippen LogP contribution in [0, 0.1) is 0 Å². The number of carbonyl (C=O) groups is 1. The third kappa shape index (κ3) is 1.78. The van der Waals surface area contributed by atoms with Crippen molar-refractivity contribution in [3.05, 3.63) is 34.7 Å². The highest BCUT2D eigenvalue weighted by Gasteiger charge is 2.31. The summed E-state index contributed by atoms with van der Waals surface area (Å²) in [5.41, 5.74) is 1.22. The number of rotatable bonds is 0. The van der Waals surface area contributed by atoms with Gasteiger partial charge in [-0.05, 0) is 36.3 Å². The van der Waals surface area contributed by atoms with Gasteiger partial charge in [0.2, 0.25) is 0 Å². The Morgan fingerprint density at radius 1 is 1.26 bits per heavy atom. The van der Waals surface area contributed by atoms with Gasteiger partial charge in [0.15, 0.2) is 0 Å². The monoisotopic (exact) mass is 272 g/mol. The van der Waals surface area contributed by atoms with E-state index >= 15 is 0 Å². The van der Waals surface area contributed by atoms with Crippen LogP contribution in [0.25, 0.3) is 10.1 Å². The summed E-state index contributed by atoms with van der Waals surface area (Å²) in [5.74, 6) is 0.116. The Balaban J connectivity index is 1.86. The Bertz CT molecular complexity index is 649. The first-order valence-electron chi connectivity index (χ1n) is 6.88. The molecule has 1 amide bonds. The number of amides is 1. The van der Waals surface area contributed by atoms with Crippen LogP contribution in [0.2, 0.25) is 0 Å². The van der Waals surface area contributed by atoms with Crippen LogP contribution in [-0.2, 0) is 6.54 Å². The van der Waals surface area contributed by atoms with Crippen molar-refractivity contribution in [2.45, 2.75) is 32.0 Å². The summed E-state index contributed by atoms with van der Waals surface area (Å²) in [4.78, 5) is 15.7.